The van der Waals surface area contributed by atoms with Gasteiger partial charge in [-0.3, -0.25) is 4.79 Å². The minimum absolute atomic E-state index is 0.176. The van der Waals surface area contributed by atoms with E-state index in [4.69, 9.17) is 0 Å². The number of piperidine rings is 1. The van der Waals surface area contributed by atoms with Gasteiger partial charge in [-0.2, -0.15) is 0 Å². The summed E-state index contributed by atoms with van der Waals surface area (Å²) in [6, 6.07) is 0.596. The first-order chi connectivity index (χ1) is 9.25. The first-order valence-corrected chi connectivity index (χ1v) is 7.99. The molecular formula is C14H23N3OS. The van der Waals surface area contributed by atoms with Crippen molar-refractivity contribution in [2.24, 2.45) is 0 Å². The maximum Gasteiger partial charge on any atom is 0.220 e. The predicted octanol–water partition coefficient (Wildman–Crippen LogP) is 2.07. The maximum absolute atomic E-state index is 11.8. The fourth-order valence-corrected chi connectivity index (χ4v) is 3.20. The van der Waals surface area contributed by atoms with Crippen molar-refractivity contribution >= 4 is 17.2 Å². The van der Waals surface area contributed by atoms with Crippen molar-refractivity contribution in [1.29, 1.82) is 0 Å². The Morgan fingerprint density at radius 2 is 2.47 bits per heavy atom. The highest BCUT2D eigenvalue weighted by Gasteiger charge is 2.19. The van der Waals surface area contributed by atoms with Crippen molar-refractivity contribution in [2.45, 2.75) is 44.6 Å². The number of nitrogens with zero attached hydrogens (tertiary/aromatic N) is 2. The molecule has 5 heteroatoms. The number of rotatable bonds is 6. The molecule has 1 aromatic heterocycles. The van der Waals surface area contributed by atoms with Gasteiger partial charge in [-0.05, 0) is 32.9 Å². The van der Waals surface area contributed by atoms with Gasteiger partial charge in [-0.25, -0.2) is 4.98 Å². The van der Waals surface area contributed by atoms with Gasteiger partial charge in [0.05, 0.1) is 5.01 Å². The highest BCUT2D eigenvalue weighted by Crippen LogP contribution is 2.18. The topological polar surface area (TPSA) is 45.2 Å². The van der Waals surface area contributed by atoms with Crippen LogP contribution in [0.3, 0.4) is 0 Å². The Morgan fingerprint density at radius 1 is 1.58 bits per heavy atom. The quantitative estimate of drug-likeness (QED) is 0.868. The lowest BCUT2D eigenvalue weighted by atomic mass is 9.98. The van der Waals surface area contributed by atoms with Crippen LogP contribution in [0.4, 0.5) is 0 Å². The van der Waals surface area contributed by atoms with Gasteiger partial charge in [0.25, 0.3) is 0 Å². The second-order valence-electron chi connectivity index (χ2n) is 5.19. The Balaban J connectivity index is 1.59. The molecule has 1 aliphatic heterocycles. The number of carbonyl (C=O) groups is 1. The number of hydrogen-bond donors (Lipinski definition) is 1. The molecule has 0 saturated carbocycles. The van der Waals surface area contributed by atoms with Gasteiger partial charge >= 0.3 is 0 Å². The summed E-state index contributed by atoms with van der Waals surface area (Å²) in [5.74, 6) is 0.176. The van der Waals surface area contributed by atoms with E-state index < -0.39 is 0 Å². The molecule has 2 heterocycles. The molecule has 0 aliphatic carbocycles. The van der Waals surface area contributed by atoms with Gasteiger partial charge in [-0.15, -0.1) is 11.3 Å². The molecule has 1 amide bonds. The van der Waals surface area contributed by atoms with Crippen LogP contribution in [-0.2, 0) is 11.2 Å². The van der Waals surface area contributed by atoms with Crippen LogP contribution in [0.5, 0.6) is 0 Å². The van der Waals surface area contributed by atoms with Crippen LogP contribution in [0.15, 0.2) is 11.6 Å². The zero-order chi connectivity index (χ0) is 13.5. The summed E-state index contributed by atoms with van der Waals surface area (Å²) >= 11 is 1.64. The van der Waals surface area contributed by atoms with Crippen LogP contribution in [0.1, 0.15) is 37.1 Å². The minimum atomic E-state index is 0.176. The molecule has 0 aromatic carbocycles. The second kappa shape index (κ2) is 7.60. The highest BCUT2D eigenvalue weighted by atomic mass is 32.1. The normalized spacial score (nSPS) is 20.4. The number of hydrogen-bond acceptors (Lipinski definition) is 4. The molecular weight excluding hydrogens is 258 g/mol. The third-order valence-corrected chi connectivity index (χ3v) is 4.61. The largest absolute Gasteiger partial charge is 0.356 e. The first-order valence-electron chi connectivity index (χ1n) is 7.11. The van der Waals surface area contributed by atoms with Crippen LogP contribution in [-0.4, -0.2) is 42.0 Å². The number of thiazole rings is 1. The number of carbonyl (C=O) groups excluding carboxylic acids is 1. The molecule has 19 heavy (non-hydrogen) atoms. The molecule has 1 aromatic rings. The van der Waals surface area contributed by atoms with E-state index in [1.54, 1.807) is 17.5 Å². The summed E-state index contributed by atoms with van der Waals surface area (Å²) in [5, 5.41) is 6.04. The SMILES string of the molecule is CN1CCCC[C@@H]1CCC(=O)NCCc1nccs1. The summed E-state index contributed by atoms with van der Waals surface area (Å²) in [6.45, 7) is 1.88. The summed E-state index contributed by atoms with van der Waals surface area (Å²) in [5.41, 5.74) is 0. The third-order valence-electron chi connectivity index (χ3n) is 3.77. The standard InChI is InChI=1S/C14H23N3OS/c1-17-10-3-2-4-12(17)5-6-13(18)15-8-7-14-16-9-11-19-14/h9,11-12H,2-8,10H2,1H3,(H,15,18)/t12-/m1/s1. The van der Waals surface area contributed by atoms with Crippen molar-refractivity contribution in [3.8, 4) is 0 Å². The third kappa shape index (κ3) is 4.91. The van der Waals surface area contributed by atoms with E-state index in [1.165, 1.54) is 25.8 Å². The van der Waals surface area contributed by atoms with Crippen LogP contribution < -0.4 is 5.32 Å². The zero-order valence-electron chi connectivity index (χ0n) is 11.6. The van der Waals surface area contributed by atoms with Crippen molar-refractivity contribution in [2.75, 3.05) is 20.1 Å². The molecule has 1 N–H and O–H groups in total. The van der Waals surface area contributed by atoms with Gasteiger partial charge in [0.1, 0.15) is 0 Å². The van der Waals surface area contributed by atoms with E-state index in [2.05, 4.69) is 22.2 Å². The second-order valence-corrected chi connectivity index (χ2v) is 6.17. The summed E-state index contributed by atoms with van der Waals surface area (Å²) < 4.78 is 0. The van der Waals surface area contributed by atoms with Gasteiger partial charge in [0.2, 0.25) is 5.91 Å². The van der Waals surface area contributed by atoms with Crippen LogP contribution in [0, 0.1) is 0 Å². The van der Waals surface area contributed by atoms with Crippen molar-refractivity contribution < 1.29 is 4.79 Å². The minimum Gasteiger partial charge on any atom is -0.356 e. The Labute approximate surface area is 119 Å². The zero-order valence-corrected chi connectivity index (χ0v) is 12.4. The predicted molar refractivity (Wildman–Crippen MR) is 78.3 cm³/mol. The molecule has 0 radical (unpaired) electrons. The summed E-state index contributed by atoms with van der Waals surface area (Å²) in [7, 11) is 2.17. The van der Waals surface area contributed by atoms with E-state index >= 15 is 0 Å². The summed E-state index contributed by atoms with van der Waals surface area (Å²) in [4.78, 5) is 18.4. The van der Waals surface area contributed by atoms with Gasteiger partial charge in [0.15, 0.2) is 0 Å². The molecule has 0 spiro atoms. The van der Waals surface area contributed by atoms with Crippen molar-refractivity contribution in [1.82, 2.24) is 15.2 Å². The molecule has 1 fully saturated rings. The van der Waals surface area contributed by atoms with Gasteiger partial charge in [0, 0.05) is 37.0 Å². The first kappa shape index (κ1) is 14.5. The van der Waals surface area contributed by atoms with Crippen LogP contribution >= 0.6 is 11.3 Å². The van der Waals surface area contributed by atoms with Gasteiger partial charge < -0.3 is 10.2 Å². The molecule has 1 aliphatic rings. The average molecular weight is 281 g/mol. The molecule has 106 valence electrons. The fourth-order valence-electron chi connectivity index (χ4n) is 2.58. The Kier molecular flexibility index (Phi) is 5.79. The Morgan fingerprint density at radius 3 is 3.21 bits per heavy atom. The van der Waals surface area contributed by atoms with Crippen molar-refractivity contribution in [3.05, 3.63) is 16.6 Å². The number of nitrogens with one attached hydrogen (secondary N) is 1. The molecule has 1 atom stereocenters. The molecule has 1 saturated heterocycles. The number of amides is 1. The summed E-state index contributed by atoms with van der Waals surface area (Å²) in [6.07, 6.45) is 8.12. The number of likely N-dealkylation sites (tertiary alicyclic amines) is 1. The molecule has 2 rings (SSSR count). The lowest BCUT2D eigenvalue weighted by Gasteiger charge is -2.32. The van der Waals surface area contributed by atoms with E-state index in [0.717, 1.165) is 17.8 Å². The van der Waals surface area contributed by atoms with E-state index in [9.17, 15) is 4.79 Å². The van der Waals surface area contributed by atoms with E-state index in [0.29, 0.717) is 19.0 Å². The molecule has 0 bridgehead atoms. The maximum atomic E-state index is 11.8. The lowest BCUT2D eigenvalue weighted by molar-refractivity contribution is -0.121. The van der Waals surface area contributed by atoms with Crippen LogP contribution in [0.2, 0.25) is 0 Å². The van der Waals surface area contributed by atoms with E-state index in [1.807, 2.05) is 5.38 Å². The number of aromatic nitrogens is 1. The Hall–Kier alpha value is -0.940. The highest BCUT2D eigenvalue weighted by molar-refractivity contribution is 7.09. The fraction of sp³-hybridized carbons (Fsp3) is 0.714. The monoisotopic (exact) mass is 281 g/mol. The lowest BCUT2D eigenvalue weighted by Crippen LogP contribution is -2.37. The molecule has 4 nitrogen and oxygen atoms in total. The van der Waals surface area contributed by atoms with E-state index in [-0.39, 0.29) is 5.91 Å². The smallest absolute Gasteiger partial charge is 0.220 e. The van der Waals surface area contributed by atoms with Gasteiger partial charge in [-0.1, -0.05) is 6.42 Å². The Bertz CT molecular complexity index is 380. The van der Waals surface area contributed by atoms with Crippen molar-refractivity contribution in [3.63, 3.8) is 0 Å². The molecule has 0 unspecified atom stereocenters. The average Bonchev–Trinajstić information content (AvgIpc) is 2.91. The van der Waals surface area contributed by atoms with Crippen LogP contribution in [0.25, 0.3) is 0 Å².